The molecular formula is C21H23ClN4O2. The van der Waals surface area contributed by atoms with Gasteiger partial charge in [-0.1, -0.05) is 35.9 Å². The number of hydrogen-bond donors (Lipinski definition) is 2. The number of benzene rings is 1. The van der Waals surface area contributed by atoms with Crippen LogP contribution in [0.15, 0.2) is 49.1 Å². The van der Waals surface area contributed by atoms with Gasteiger partial charge in [0.15, 0.2) is 0 Å². The molecule has 7 heteroatoms. The van der Waals surface area contributed by atoms with Crippen LogP contribution in [0.1, 0.15) is 24.8 Å². The van der Waals surface area contributed by atoms with E-state index in [1.807, 2.05) is 30.6 Å². The maximum Gasteiger partial charge on any atom is 0.220 e. The number of fused-ring (bicyclic) bond motifs is 1. The summed E-state index contributed by atoms with van der Waals surface area (Å²) in [6.45, 7) is 0.692. The van der Waals surface area contributed by atoms with Crippen LogP contribution in [0.25, 0.3) is 10.8 Å². The predicted octanol–water partition coefficient (Wildman–Crippen LogP) is 2.97. The zero-order valence-corrected chi connectivity index (χ0v) is 16.2. The zero-order chi connectivity index (χ0) is 19.5. The molecule has 0 saturated heterocycles. The minimum absolute atomic E-state index is 0.0419. The van der Waals surface area contributed by atoms with Gasteiger partial charge in [0.1, 0.15) is 0 Å². The number of carbonyl (C=O) groups excluding carboxylic acids is 1. The number of hydrogen-bond acceptors (Lipinski definition) is 4. The van der Waals surface area contributed by atoms with Crippen LogP contribution in [-0.2, 0) is 17.8 Å². The van der Waals surface area contributed by atoms with Gasteiger partial charge in [0.2, 0.25) is 5.91 Å². The molecule has 4 rings (SSSR count). The van der Waals surface area contributed by atoms with Gasteiger partial charge in [0, 0.05) is 36.9 Å². The maximum atomic E-state index is 12.4. The topological polar surface area (TPSA) is 80.0 Å². The van der Waals surface area contributed by atoms with Crippen molar-refractivity contribution in [1.29, 1.82) is 0 Å². The van der Waals surface area contributed by atoms with Crippen molar-refractivity contribution >= 4 is 28.3 Å². The minimum Gasteiger partial charge on any atom is -0.391 e. The molecule has 0 spiro atoms. The van der Waals surface area contributed by atoms with Crippen LogP contribution in [0.2, 0.25) is 5.02 Å². The molecule has 1 aliphatic carbocycles. The normalized spacial score (nSPS) is 21.9. The molecule has 6 nitrogen and oxygen atoms in total. The van der Waals surface area contributed by atoms with Gasteiger partial charge in [-0.15, -0.1) is 0 Å². The van der Waals surface area contributed by atoms with E-state index in [9.17, 15) is 9.90 Å². The molecule has 2 heterocycles. The smallest absolute Gasteiger partial charge is 0.220 e. The second kappa shape index (κ2) is 8.29. The fourth-order valence-corrected chi connectivity index (χ4v) is 4.19. The molecule has 0 aliphatic heterocycles. The van der Waals surface area contributed by atoms with Crippen LogP contribution in [0, 0.1) is 5.92 Å². The third-order valence-corrected chi connectivity index (χ3v) is 5.59. The Morgan fingerprint density at radius 2 is 2.11 bits per heavy atom. The lowest BCUT2D eigenvalue weighted by atomic mass is 10.0. The number of carbonyl (C=O) groups is 1. The molecule has 2 N–H and O–H groups in total. The monoisotopic (exact) mass is 398 g/mol. The average molecular weight is 399 g/mol. The summed E-state index contributed by atoms with van der Waals surface area (Å²) in [5, 5.41) is 20.3. The second-order valence-corrected chi connectivity index (χ2v) is 7.92. The van der Waals surface area contributed by atoms with E-state index in [0.717, 1.165) is 22.8 Å². The van der Waals surface area contributed by atoms with Crippen molar-refractivity contribution in [3.8, 4) is 0 Å². The standard InChI is InChI=1S/C21H23ClN4O2/c22-17-11-24-26(13-17)12-14-7-19(20(27)8-14)25-21(28)6-5-16-10-23-9-15-3-1-2-4-18(15)16/h1-4,9-11,13-14,19-20,27H,5-8,12H2,(H,25,28)/t14?,19-,20-/m1/s1. The molecule has 3 atom stereocenters. The van der Waals surface area contributed by atoms with E-state index in [2.05, 4.69) is 21.5 Å². The number of nitrogens with one attached hydrogen (secondary N) is 1. The van der Waals surface area contributed by atoms with E-state index in [1.165, 1.54) is 0 Å². The first kappa shape index (κ1) is 18.9. The number of pyridine rings is 1. The van der Waals surface area contributed by atoms with Gasteiger partial charge in [0.05, 0.1) is 23.4 Å². The van der Waals surface area contributed by atoms with Crippen LogP contribution in [0.4, 0.5) is 0 Å². The molecule has 2 aromatic heterocycles. The Balaban J connectivity index is 1.31. The van der Waals surface area contributed by atoms with E-state index >= 15 is 0 Å². The lowest BCUT2D eigenvalue weighted by Gasteiger charge is -2.16. The quantitative estimate of drug-likeness (QED) is 0.669. The minimum atomic E-state index is -0.529. The van der Waals surface area contributed by atoms with Crippen LogP contribution >= 0.6 is 11.6 Å². The fourth-order valence-electron chi connectivity index (χ4n) is 4.03. The van der Waals surface area contributed by atoms with Gasteiger partial charge in [-0.3, -0.25) is 14.5 Å². The fraction of sp³-hybridized carbons (Fsp3) is 0.381. The Bertz CT molecular complexity index is 968. The third kappa shape index (κ3) is 4.34. The number of halogens is 1. The van der Waals surface area contributed by atoms with Crippen molar-refractivity contribution in [2.75, 3.05) is 0 Å². The van der Waals surface area contributed by atoms with Crippen LogP contribution in [0.5, 0.6) is 0 Å². The van der Waals surface area contributed by atoms with Crippen LogP contribution in [-0.4, -0.2) is 37.9 Å². The first-order valence-electron chi connectivity index (χ1n) is 9.55. The van der Waals surface area contributed by atoms with E-state index in [0.29, 0.717) is 30.8 Å². The molecule has 1 aliphatic rings. The van der Waals surface area contributed by atoms with Gasteiger partial charge in [-0.05, 0) is 36.1 Å². The number of nitrogens with zero attached hydrogens (tertiary/aromatic N) is 3. The molecule has 1 saturated carbocycles. The van der Waals surface area contributed by atoms with E-state index in [-0.39, 0.29) is 17.9 Å². The highest BCUT2D eigenvalue weighted by Crippen LogP contribution is 2.28. The van der Waals surface area contributed by atoms with Gasteiger partial charge in [0.25, 0.3) is 0 Å². The third-order valence-electron chi connectivity index (χ3n) is 5.39. The summed E-state index contributed by atoms with van der Waals surface area (Å²) in [6, 6.07) is 7.84. The van der Waals surface area contributed by atoms with E-state index < -0.39 is 6.10 Å². The van der Waals surface area contributed by atoms with Crippen LogP contribution < -0.4 is 5.32 Å². The number of aliphatic hydroxyl groups is 1. The highest BCUT2D eigenvalue weighted by molar-refractivity contribution is 6.30. The number of aromatic nitrogens is 3. The van der Waals surface area contributed by atoms with E-state index in [4.69, 9.17) is 11.6 Å². The van der Waals surface area contributed by atoms with Gasteiger partial charge in [-0.2, -0.15) is 5.10 Å². The number of aryl methyl sites for hydroxylation is 1. The van der Waals surface area contributed by atoms with E-state index in [1.54, 1.807) is 17.1 Å². The van der Waals surface area contributed by atoms with Gasteiger partial charge >= 0.3 is 0 Å². The highest BCUT2D eigenvalue weighted by Gasteiger charge is 2.34. The number of rotatable bonds is 6. The molecule has 3 aromatic rings. The van der Waals surface area contributed by atoms with Crippen molar-refractivity contribution in [2.45, 2.75) is 44.4 Å². The average Bonchev–Trinajstić information content (AvgIpc) is 3.25. The lowest BCUT2D eigenvalue weighted by molar-refractivity contribution is -0.122. The Morgan fingerprint density at radius 3 is 2.93 bits per heavy atom. The molecule has 0 radical (unpaired) electrons. The maximum absolute atomic E-state index is 12.4. The van der Waals surface area contributed by atoms with Gasteiger partial charge < -0.3 is 10.4 Å². The summed E-state index contributed by atoms with van der Waals surface area (Å²) in [5.74, 6) is 0.221. The van der Waals surface area contributed by atoms with Crippen molar-refractivity contribution in [3.05, 3.63) is 59.6 Å². The predicted molar refractivity (Wildman–Crippen MR) is 108 cm³/mol. The zero-order valence-electron chi connectivity index (χ0n) is 15.5. The molecular weight excluding hydrogens is 376 g/mol. The lowest BCUT2D eigenvalue weighted by Crippen LogP contribution is -2.40. The molecule has 1 amide bonds. The summed E-state index contributed by atoms with van der Waals surface area (Å²) >= 11 is 5.90. The SMILES string of the molecule is O=C(CCc1cncc2ccccc12)N[C@@H]1CC(Cn2cc(Cl)cn2)C[C@H]1O. The number of amides is 1. The Morgan fingerprint density at radius 1 is 1.25 bits per heavy atom. The highest BCUT2D eigenvalue weighted by atomic mass is 35.5. The Hall–Kier alpha value is -2.44. The van der Waals surface area contributed by atoms with Crippen LogP contribution in [0.3, 0.4) is 0 Å². The molecule has 28 heavy (non-hydrogen) atoms. The van der Waals surface area contributed by atoms with Crippen molar-refractivity contribution in [2.24, 2.45) is 5.92 Å². The largest absolute Gasteiger partial charge is 0.391 e. The molecule has 0 bridgehead atoms. The molecule has 1 aromatic carbocycles. The first-order valence-corrected chi connectivity index (χ1v) is 9.93. The molecule has 1 fully saturated rings. The van der Waals surface area contributed by atoms with Gasteiger partial charge in [-0.25, -0.2) is 0 Å². The summed E-state index contributed by atoms with van der Waals surface area (Å²) in [6.07, 6.45) is 8.89. The Labute approximate surface area is 168 Å². The first-order chi connectivity index (χ1) is 13.6. The summed E-state index contributed by atoms with van der Waals surface area (Å²) in [4.78, 5) is 16.7. The van der Waals surface area contributed by atoms with Crippen molar-refractivity contribution < 1.29 is 9.90 Å². The molecule has 146 valence electrons. The summed E-state index contributed by atoms with van der Waals surface area (Å²) < 4.78 is 1.79. The van der Waals surface area contributed by atoms with Crippen molar-refractivity contribution in [3.63, 3.8) is 0 Å². The summed E-state index contributed by atoms with van der Waals surface area (Å²) in [7, 11) is 0. The number of aliphatic hydroxyl groups excluding tert-OH is 1. The van der Waals surface area contributed by atoms with Crippen molar-refractivity contribution in [1.82, 2.24) is 20.1 Å². The molecule has 1 unspecified atom stereocenters. The Kier molecular flexibility index (Phi) is 5.59. The summed E-state index contributed by atoms with van der Waals surface area (Å²) in [5.41, 5.74) is 1.06. The second-order valence-electron chi connectivity index (χ2n) is 7.48.